The van der Waals surface area contributed by atoms with E-state index in [1.165, 1.54) is 83.5 Å². The monoisotopic (exact) mass is 889 g/mol. The van der Waals surface area contributed by atoms with Gasteiger partial charge >= 0.3 is 17.9 Å². The van der Waals surface area contributed by atoms with Crippen LogP contribution in [-0.2, 0) is 28.6 Å². The van der Waals surface area contributed by atoms with Crippen LogP contribution in [0.2, 0.25) is 0 Å². The molecule has 0 aromatic heterocycles. The molecule has 6 heteroatoms. The van der Waals surface area contributed by atoms with Crippen molar-refractivity contribution in [2.75, 3.05) is 13.2 Å². The highest BCUT2D eigenvalue weighted by molar-refractivity contribution is 5.71. The maximum Gasteiger partial charge on any atom is 0.306 e. The van der Waals surface area contributed by atoms with Crippen molar-refractivity contribution < 1.29 is 28.6 Å². The molecule has 0 radical (unpaired) electrons. The van der Waals surface area contributed by atoms with Crippen molar-refractivity contribution in [3.63, 3.8) is 0 Å². The van der Waals surface area contributed by atoms with Crippen molar-refractivity contribution in [1.82, 2.24) is 0 Å². The Labute approximate surface area is 394 Å². The number of hydrogen-bond acceptors (Lipinski definition) is 6. The van der Waals surface area contributed by atoms with Crippen LogP contribution in [-0.4, -0.2) is 37.2 Å². The lowest BCUT2D eigenvalue weighted by atomic mass is 10.1. The van der Waals surface area contributed by atoms with E-state index in [1.54, 1.807) is 0 Å². The lowest BCUT2D eigenvalue weighted by molar-refractivity contribution is -0.167. The minimum Gasteiger partial charge on any atom is -0.462 e. The van der Waals surface area contributed by atoms with Crippen molar-refractivity contribution in [2.24, 2.45) is 0 Å². The van der Waals surface area contributed by atoms with Crippen molar-refractivity contribution in [1.29, 1.82) is 0 Å². The molecule has 0 saturated heterocycles. The lowest BCUT2D eigenvalue weighted by Crippen LogP contribution is -2.30. The van der Waals surface area contributed by atoms with Crippen LogP contribution >= 0.6 is 0 Å². The van der Waals surface area contributed by atoms with Gasteiger partial charge in [0, 0.05) is 19.3 Å². The summed E-state index contributed by atoms with van der Waals surface area (Å²) in [5.41, 5.74) is 0. The van der Waals surface area contributed by atoms with E-state index in [1.807, 2.05) is 0 Å². The second kappa shape index (κ2) is 52.0. The van der Waals surface area contributed by atoms with Gasteiger partial charge in [-0.2, -0.15) is 0 Å². The van der Waals surface area contributed by atoms with Gasteiger partial charge in [-0.1, -0.05) is 227 Å². The molecule has 0 heterocycles. The molecule has 0 bridgehead atoms. The average molecular weight is 889 g/mol. The van der Waals surface area contributed by atoms with Crippen LogP contribution in [0.4, 0.5) is 0 Å². The molecule has 0 aromatic rings. The summed E-state index contributed by atoms with van der Waals surface area (Å²) < 4.78 is 16.7. The van der Waals surface area contributed by atoms with Crippen LogP contribution in [0.3, 0.4) is 0 Å². The number of carbonyl (C=O) groups excluding carboxylic acids is 3. The summed E-state index contributed by atoms with van der Waals surface area (Å²) in [5, 5.41) is 0. The van der Waals surface area contributed by atoms with E-state index in [9.17, 15) is 14.4 Å². The summed E-state index contributed by atoms with van der Waals surface area (Å²) >= 11 is 0. The molecule has 0 N–H and O–H groups in total. The number of hydrogen-bond donors (Lipinski definition) is 0. The molecule has 0 fully saturated rings. The van der Waals surface area contributed by atoms with Gasteiger partial charge in [-0.15, -0.1) is 0 Å². The first-order valence-electron chi connectivity index (χ1n) is 26.3. The van der Waals surface area contributed by atoms with Gasteiger partial charge in [0.25, 0.3) is 0 Å². The van der Waals surface area contributed by atoms with E-state index in [0.717, 1.165) is 103 Å². The van der Waals surface area contributed by atoms with Crippen LogP contribution in [0.15, 0.2) is 97.2 Å². The van der Waals surface area contributed by atoms with E-state index in [0.29, 0.717) is 19.3 Å². The second-order valence-corrected chi connectivity index (χ2v) is 17.1. The highest BCUT2D eigenvalue weighted by atomic mass is 16.6. The molecule has 6 nitrogen and oxygen atoms in total. The highest BCUT2D eigenvalue weighted by Gasteiger charge is 2.19. The van der Waals surface area contributed by atoms with E-state index < -0.39 is 6.10 Å². The summed E-state index contributed by atoms with van der Waals surface area (Å²) in [5.74, 6) is -0.988. The van der Waals surface area contributed by atoms with Crippen LogP contribution < -0.4 is 0 Å². The van der Waals surface area contributed by atoms with E-state index in [2.05, 4.69) is 118 Å². The molecule has 364 valence electrons. The minimum atomic E-state index is -0.814. The van der Waals surface area contributed by atoms with Gasteiger partial charge in [-0.05, 0) is 83.5 Å². The zero-order valence-electron chi connectivity index (χ0n) is 41.5. The Morgan fingerprint density at radius 2 is 0.688 bits per heavy atom. The number of ether oxygens (including phenoxy) is 3. The summed E-state index contributed by atoms with van der Waals surface area (Å²) in [6.45, 7) is 6.43. The predicted molar refractivity (Wildman–Crippen MR) is 274 cm³/mol. The number of esters is 3. The van der Waals surface area contributed by atoms with Crippen LogP contribution in [0.25, 0.3) is 0 Å². The average Bonchev–Trinajstić information content (AvgIpc) is 3.29. The fourth-order valence-corrected chi connectivity index (χ4v) is 6.95. The van der Waals surface area contributed by atoms with Crippen LogP contribution in [0.5, 0.6) is 0 Å². The van der Waals surface area contributed by atoms with Gasteiger partial charge in [0.1, 0.15) is 13.2 Å². The molecule has 0 amide bonds. The second-order valence-electron chi connectivity index (χ2n) is 17.1. The van der Waals surface area contributed by atoms with E-state index in [-0.39, 0.29) is 37.5 Å². The normalized spacial score (nSPS) is 12.9. The zero-order valence-corrected chi connectivity index (χ0v) is 41.5. The summed E-state index contributed by atoms with van der Waals surface area (Å²) in [6.07, 6.45) is 68.2. The fourth-order valence-electron chi connectivity index (χ4n) is 6.95. The molecule has 1 unspecified atom stereocenters. The van der Waals surface area contributed by atoms with Crippen molar-refractivity contribution in [2.45, 2.75) is 239 Å². The summed E-state index contributed by atoms with van der Waals surface area (Å²) in [7, 11) is 0. The number of carbonyl (C=O) groups is 3. The molecule has 0 rings (SSSR count). The Morgan fingerprint density at radius 1 is 0.344 bits per heavy atom. The van der Waals surface area contributed by atoms with Gasteiger partial charge < -0.3 is 14.2 Å². The fraction of sp³-hybridized carbons (Fsp3) is 0.672. The molecule has 64 heavy (non-hydrogen) atoms. The quantitative estimate of drug-likeness (QED) is 0.0199. The molecule has 0 aliphatic heterocycles. The Bertz CT molecular complexity index is 1300. The third kappa shape index (κ3) is 49.3. The van der Waals surface area contributed by atoms with E-state index >= 15 is 0 Å². The van der Waals surface area contributed by atoms with Crippen molar-refractivity contribution in [3.05, 3.63) is 97.2 Å². The summed E-state index contributed by atoms with van der Waals surface area (Å²) in [6, 6.07) is 0. The van der Waals surface area contributed by atoms with E-state index in [4.69, 9.17) is 14.2 Å². The predicted octanol–water partition coefficient (Wildman–Crippen LogP) is 17.4. The first-order chi connectivity index (χ1) is 31.5. The number of rotatable bonds is 46. The van der Waals surface area contributed by atoms with Gasteiger partial charge in [-0.3, -0.25) is 14.4 Å². The van der Waals surface area contributed by atoms with Gasteiger partial charge in [-0.25, -0.2) is 0 Å². The Balaban J connectivity index is 4.51. The molecular formula is C58H96O6. The van der Waals surface area contributed by atoms with Crippen molar-refractivity contribution >= 4 is 17.9 Å². The SMILES string of the molecule is CC/C=C\C/C=C\C/C=C\C/C=C\C/C=C\CCCC(=O)OC(COC(=O)CCCCCCC\C=C/C=C\C=C/CCCCCCC)COC(=O)CCCCCCCCCCCCC. The minimum absolute atomic E-state index is 0.106. The largest absolute Gasteiger partial charge is 0.462 e. The van der Waals surface area contributed by atoms with Gasteiger partial charge in [0.05, 0.1) is 0 Å². The van der Waals surface area contributed by atoms with Crippen LogP contribution in [0, 0.1) is 0 Å². The molecule has 0 spiro atoms. The maximum absolute atomic E-state index is 12.8. The molecule has 0 aromatic carbocycles. The standard InChI is InChI=1S/C58H96O6/c1-4-7-10-13-16-19-22-24-26-28-30-31-33-36-39-42-45-48-51-57(60)63-54-55(53-62-56(59)50-47-44-41-38-35-21-18-15-12-9-6-3)64-58(61)52-49-46-43-40-37-34-32-29-27-25-23-20-17-14-11-8-5-2/h8,11,17,20,22,24-28,30-32,34,40,43,55H,4-7,9-10,12-16,18-19,21,23,29,33,35-39,41-42,44-54H2,1-3H3/b11-8-,20-17-,24-22-,27-25-,28-26-,31-30-,34-32-,43-40-. The third-order valence-electron chi connectivity index (χ3n) is 10.9. The molecular weight excluding hydrogens is 793 g/mol. The number of allylic oxidation sites excluding steroid dienone is 16. The third-order valence-corrected chi connectivity index (χ3v) is 10.9. The first-order valence-corrected chi connectivity index (χ1v) is 26.3. The van der Waals surface area contributed by atoms with Gasteiger partial charge in [0.15, 0.2) is 6.10 Å². The Morgan fingerprint density at radius 3 is 1.11 bits per heavy atom. The maximum atomic E-state index is 12.8. The molecule has 1 atom stereocenters. The zero-order chi connectivity index (χ0) is 46.5. The van der Waals surface area contributed by atoms with Gasteiger partial charge in [0.2, 0.25) is 0 Å². The van der Waals surface area contributed by atoms with Crippen molar-refractivity contribution in [3.8, 4) is 0 Å². The van der Waals surface area contributed by atoms with Crippen LogP contribution in [0.1, 0.15) is 233 Å². The smallest absolute Gasteiger partial charge is 0.306 e. The first kappa shape index (κ1) is 60.3. The lowest BCUT2D eigenvalue weighted by Gasteiger charge is -2.18. The molecule has 0 saturated carbocycles. The Kier molecular flexibility index (Phi) is 49.0. The molecule has 0 aliphatic carbocycles. The highest BCUT2D eigenvalue weighted by Crippen LogP contribution is 2.14. The number of unbranched alkanes of at least 4 members (excludes halogenated alkanes) is 21. The molecule has 0 aliphatic rings. The topological polar surface area (TPSA) is 78.9 Å². The summed E-state index contributed by atoms with van der Waals surface area (Å²) in [4.78, 5) is 38.0. The Hall–Kier alpha value is -3.67.